The van der Waals surface area contributed by atoms with Crippen LogP contribution in [0.4, 0.5) is 0 Å². The van der Waals surface area contributed by atoms with Gasteiger partial charge in [0.2, 0.25) is 0 Å². The Labute approximate surface area is 105 Å². The molecule has 0 bridgehead atoms. The van der Waals surface area contributed by atoms with E-state index in [0.717, 1.165) is 17.6 Å². The lowest BCUT2D eigenvalue weighted by molar-refractivity contribution is -0.0407. The van der Waals surface area contributed by atoms with Crippen LogP contribution in [-0.2, 0) is 25.5 Å². The zero-order valence-electron chi connectivity index (χ0n) is 9.67. The topological polar surface area (TPSA) is 64.6 Å². The van der Waals surface area contributed by atoms with E-state index in [1.54, 1.807) is 18.4 Å². The molecule has 0 fully saturated rings. The summed E-state index contributed by atoms with van der Waals surface area (Å²) in [6, 6.07) is 2.04. The molecule has 0 aliphatic carbocycles. The van der Waals surface area contributed by atoms with Crippen molar-refractivity contribution in [3.05, 3.63) is 21.9 Å². The van der Waals surface area contributed by atoms with Crippen LogP contribution in [0.1, 0.15) is 16.5 Å². The van der Waals surface area contributed by atoms with Crippen molar-refractivity contribution >= 4 is 21.5 Å². The second-order valence-electron chi connectivity index (χ2n) is 3.86. The maximum atomic E-state index is 11.2. The molecule has 1 aromatic heterocycles. The molecule has 1 N–H and O–H groups in total. The number of hydrogen-bond donors (Lipinski definition) is 1. The van der Waals surface area contributed by atoms with E-state index < -0.39 is 16.3 Å². The Balaban J connectivity index is 2.22. The zero-order chi connectivity index (χ0) is 12.5. The summed E-state index contributed by atoms with van der Waals surface area (Å²) in [5.41, 5.74) is 1.21. The van der Waals surface area contributed by atoms with Gasteiger partial charge in [0.05, 0.1) is 12.9 Å². The SMILES string of the molecule is CN[C@@H](OS(C)(=O)=O)C1OCCc2ccsc21. The second-order valence-corrected chi connectivity index (χ2v) is 6.41. The number of thiophene rings is 1. The average Bonchev–Trinajstić information content (AvgIpc) is 2.72. The molecule has 2 heterocycles. The van der Waals surface area contributed by atoms with E-state index >= 15 is 0 Å². The van der Waals surface area contributed by atoms with Gasteiger partial charge in [-0.1, -0.05) is 0 Å². The van der Waals surface area contributed by atoms with Gasteiger partial charge in [0.1, 0.15) is 6.10 Å². The fourth-order valence-corrected chi connectivity index (χ4v) is 3.44. The van der Waals surface area contributed by atoms with Crippen molar-refractivity contribution < 1.29 is 17.3 Å². The van der Waals surface area contributed by atoms with E-state index in [9.17, 15) is 8.42 Å². The highest BCUT2D eigenvalue weighted by molar-refractivity contribution is 7.86. The molecule has 17 heavy (non-hydrogen) atoms. The molecule has 7 heteroatoms. The van der Waals surface area contributed by atoms with E-state index in [2.05, 4.69) is 5.32 Å². The van der Waals surface area contributed by atoms with Gasteiger partial charge in [0, 0.05) is 4.88 Å². The van der Waals surface area contributed by atoms with Crippen LogP contribution in [0.25, 0.3) is 0 Å². The van der Waals surface area contributed by atoms with Crippen LogP contribution in [0.2, 0.25) is 0 Å². The molecule has 0 radical (unpaired) electrons. The van der Waals surface area contributed by atoms with Gasteiger partial charge in [-0.25, -0.2) is 4.18 Å². The fraction of sp³-hybridized carbons (Fsp3) is 0.600. The normalized spacial score (nSPS) is 22.1. The summed E-state index contributed by atoms with van der Waals surface area (Å²) in [6.07, 6.45) is 0.862. The number of ether oxygens (including phenoxy) is 1. The Hall–Kier alpha value is -0.470. The number of hydrogen-bond acceptors (Lipinski definition) is 6. The van der Waals surface area contributed by atoms with E-state index in [1.807, 2.05) is 11.4 Å². The summed E-state index contributed by atoms with van der Waals surface area (Å²) in [5, 5.41) is 4.82. The van der Waals surface area contributed by atoms with Gasteiger partial charge in [0.25, 0.3) is 10.1 Å². The highest BCUT2D eigenvalue weighted by Crippen LogP contribution is 2.34. The monoisotopic (exact) mass is 277 g/mol. The van der Waals surface area contributed by atoms with Gasteiger partial charge in [-0.2, -0.15) is 8.42 Å². The summed E-state index contributed by atoms with van der Waals surface area (Å²) in [7, 11) is -1.85. The van der Waals surface area contributed by atoms with Crippen LogP contribution in [0, 0.1) is 0 Å². The number of rotatable bonds is 4. The number of likely N-dealkylation sites (N-methyl/N-ethyl adjacent to an activating group) is 1. The smallest absolute Gasteiger partial charge is 0.266 e. The predicted octanol–water partition coefficient (Wildman–Crippen LogP) is 0.884. The van der Waals surface area contributed by atoms with Crippen molar-refractivity contribution in [1.82, 2.24) is 5.32 Å². The molecule has 0 saturated carbocycles. The van der Waals surface area contributed by atoms with Crippen LogP contribution < -0.4 is 5.32 Å². The van der Waals surface area contributed by atoms with E-state index in [4.69, 9.17) is 8.92 Å². The third-order valence-corrected chi connectivity index (χ3v) is 4.12. The first-order valence-electron chi connectivity index (χ1n) is 5.24. The molecule has 0 saturated heterocycles. The molecule has 0 aromatic carbocycles. The molecule has 1 aliphatic heterocycles. The Morgan fingerprint density at radius 2 is 2.41 bits per heavy atom. The minimum atomic E-state index is -3.51. The lowest BCUT2D eigenvalue weighted by Gasteiger charge is -2.29. The molecular formula is C10H15NO4S2. The van der Waals surface area contributed by atoms with Crippen molar-refractivity contribution in [3.63, 3.8) is 0 Å². The quantitative estimate of drug-likeness (QED) is 0.654. The predicted molar refractivity (Wildman–Crippen MR) is 65.5 cm³/mol. The summed E-state index contributed by atoms with van der Waals surface area (Å²) >= 11 is 1.56. The first kappa shape index (κ1) is 13.0. The maximum Gasteiger partial charge on any atom is 0.266 e. The first-order valence-corrected chi connectivity index (χ1v) is 7.94. The van der Waals surface area contributed by atoms with Crippen molar-refractivity contribution in [2.45, 2.75) is 18.8 Å². The molecule has 1 aromatic rings. The summed E-state index contributed by atoms with van der Waals surface area (Å²) in [6.45, 7) is 0.583. The Morgan fingerprint density at radius 1 is 1.65 bits per heavy atom. The largest absolute Gasteiger partial charge is 0.368 e. The van der Waals surface area contributed by atoms with Crippen LogP contribution in [-0.4, -0.2) is 34.6 Å². The van der Waals surface area contributed by atoms with Crippen LogP contribution in [0.3, 0.4) is 0 Å². The lowest BCUT2D eigenvalue weighted by Crippen LogP contribution is -2.39. The van der Waals surface area contributed by atoms with Gasteiger partial charge in [-0.15, -0.1) is 11.3 Å². The van der Waals surface area contributed by atoms with E-state index in [1.165, 1.54) is 5.56 Å². The molecule has 1 aliphatic rings. The van der Waals surface area contributed by atoms with Crippen molar-refractivity contribution in [3.8, 4) is 0 Å². The fourth-order valence-electron chi connectivity index (χ4n) is 1.84. The lowest BCUT2D eigenvalue weighted by atomic mass is 10.1. The molecular weight excluding hydrogens is 262 g/mol. The second kappa shape index (κ2) is 5.03. The summed E-state index contributed by atoms with van der Waals surface area (Å²) in [5.74, 6) is 0. The van der Waals surface area contributed by atoms with Crippen LogP contribution in [0.15, 0.2) is 11.4 Å². The molecule has 2 atom stereocenters. The van der Waals surface area contributed by atoms with Crippen molar-refractivity contribution in [2.75, 3.05) is 19.9 Å². The standard InChI is InChI=1S/C10H15NO4S2/c1-11-10(15-17(2,12)13)8-9-7(3-5-14-8)4-6-16-9/h4,6,8,10-11H,3,5H2,1-2H3/t8?,10-/m0/s1. The Bertz CT molecular complexity index is 482. The molecule has 5 nitrogen and oxygen atoms in total. The van der Waals surface area contributed by atoms with Crippen molar-refractivity contribution in [2.24, 2.45) is 0 Å². The van der Waals surface area contributed by atoms with Crippen LogP contribution in [0.5, 0.6) is 0 Å². The maximum absolute atomic E-state index is 11.2. The van der Waals surface area contributed by atoms with Gasteiger partial charge in [-0.3, -0.25) is 5.32 Å². The van der Waals surface area contributed by atoms with Gasteiger partial charge in [0.15, 0.2) is 6.23 Å². The summed E-state index contributed by atoms with van der Waals surface area (Å²) in [4.78, 5) is 1.04. The minimum absolute atomic E-state index is 0.363. The number of nitrogens with one attached hydrogen (secondary N) is 1. The molecule has 1 unspecified atom stereocenters. The van der Waals surface area contributed by atoms with E-state index in [0.29, 0.717) is 6.61 Å². The zero-order valence-corrected chi connectivity index (χ0v) is 11.3. The average molecular weight is 277 g/mol. The molecule has 2 rings (SSSR count). The minimum Gasteiger partial charge on any atom is -0.368 e. The third kappa shape index (κ3) is 3.05. The van der Waals surface area contributed by atoms with Crippen LogP contribution >= 0.6 is 11.3 Å². The van der Waals surface area contributed by atoms with Gasteiger partial charge in [-0.05, 0) is 30.5 Å². The Kier molecular flexibility index (Phi) is 3.84. The number of fused-ring (bicyclic) bond motifs is 1. The third-order valence-electron chi connectivity index (χ3n) is 2.55. The Morgan fingerprint density at radius 3 is 3.06 bits per heavy atom. The van der Waals surface area contributed by atoms with E-state index in [-0.39, 0.29) is 6.10 Å². The van der Waals surface area contributed by atoms with Gasteiger partial charge >= 0.3 is 0 Å². The summed E-state index contributed by atoms with van der Waals surface area (Å²) < 4.78 is 33.0. The molecule has 0 spiro atoms. The molecule has 96 valence electrons. The highest BCUT2D eigenvalue weighted by atomic mass is 32.2. The molecule has 0 amide bonds. The highest BCUT2D eigenvalue weighted by Gasteiger charge is 2.32. The van der Waals surface area contributed by atoms with Gasteiger partial charge < -0.3 is 4.74 Å². The van der Waals surface area contributed by atoms with Crippen molar-refractivity contribution in [1.29, 1.82) is 0 Å². The first-order chi connectivity index (χ1) is 8.01.